The third-order valence-electron chi connectivity index (χ3n) is 2.86. The van der Waals surface area contributed by atoms with E-state index in [1.165, 1.54) is 0 Å². The predicted octanol–water partition coefficient (Wildman–Crippen LogP) is 3.28. The van der Waals surface area contributed by atoms with E-state index in [1.807, 2.05) is 31.2 Å². The van der Waals surface area contributed by atoms with Crippen LogP contribution in [0, 0.1) is 0 Å². The zero-order chi connectivity index (χ0) is 13.9. The van der Waals surface area contributed by atoms with E-state index in [0.29, 0.717) is 6.61 Å². The van der Waals surface area contributed by atoms with Crippen LogP contribution in [0.25, 0.3) is 0 Å². The molecule has 0 spiro atoms. The lowest BCUT2D eigenvalue weighted by atomic mass is 10.1. The molecular formula is C15H25NO2S. The molecular weight excluding hydrogens is 258 g/mol. The molecule has 0 amide bonds. The summed E-state index contributed by atoms with van der Waals surface area (Å²) in [6.45, 7) is 3.42. The number of ether oxygens (including phenoxy) is 2. The molecule has 0 radical (unpaired) electrons. The Kier molecular flexibility index (Phi) is 8.50. The van der Waals surface area contributed by atoms with Gasteiger partial charge < -0.3 is 15.2 Å². The molecule has 0 fully saturated rings. The Hall–Kier alpha value is -0.870. The second kappa shape index (κ2) is 9.98. The lowest BCUT2D eigenvalue weighted by Crippen LogP contribution is -2.21. The molecule has 1 aromatic carbocycles. The van der Waals surface area contributed by atoms with Gasteiger partial charge >= 0.3 is 0 Å². The maximum atomic E-state index is 5.80. The third kappa shape index (κ3) is 7.33. The van der Waals surface area contributed by atoms with Gasteiger partial charge in [0, 0.05) is 11.8 Å². The molecule has 0 aromatic heterocycles. The zero-order valence-corrected chi connectivity index (χ0v) is 12.6. The molecule has 0 bridgehead atoms. The van der Waals surface area contributed by atoms with Crippen molar-refractivity contribution in [3.8, 4) is 11.5 Å². The fourth-order valence-electron chi connectivity index (χ4n) is 1.77. The minimum Gasteiger partial charge on any atom is -0.494 e. The maximum Gasteiger partial charge on any atom is 0.119 e. The van der Waals surface area contributed by atoms with Gasteiger partial charge in [0.1, 0.15) is 11.5 Å². The van der Waals surface area contributed by atoms with Crippen LogP contribution in [0.5, 0.6) is 11.5 Å². The molecule has 1 rings (SSSR count). The van der Waals surface area contributed by atoms with Gasteiger partial charge in [-0.15, -0.1) is 0 Å². The van der Waals surface area contributed by atoms with Gasteiger partial charge in [-0.2, -0.15) is 12.6 Å². The van der Waals surface area contributed by atoms with Crippen LogP contribution in [0.2, 0.25) is 0 Å². The molecule has 0 aliphatic rings. The van der Waals surface area contributed by atoms with Crippen LogP contribution >= 0.6 is 12.6 Å². The highest BCUT2D eigenvalue weighted by Gasteiger charge is 1.99. The summed E-state index contributed by atoms with van der Waals surface area (Å²) < 4.78 is 11.0. The fourth-order valence-corrected chi connectivity index (χ4v) is 1.95. The molecule has 0 heterocycles. The molecule has 0 saturated heterocycles. The first kappa shape index (κ1) is 16.2. The third-order valence-corrected chi connectivity index (χ3v) is 3.33. The minimum absolute atomic E-state index is 0.232. The number of unbranched alkanes of at least 4 members (excludes halogenated alkanes) is 2. The van der Waals surface area contributed by atoms with E-state index in [-0.39, 0.29) is 6.04 Å². The molecule has 0 aliphatic heterocycles. The lowest BCUT2D eigenvalue weighted by molar-refractivity contribution is 0.302. The van der Waals surface area contributed by atoms with E-state index in [4.69, 9.17) is 15.2 Å². The second-order valence-electron chi connectivity index (χ2n) is 4.54. The summed E-state index contributed by atoms with van der Waals surface area (Å²) >= 11 is 4.17. The highest BCUT2D eigenvalue weighted by molar-refractivity contribution is 7.80. The van der Waals surface area contributed by atoms with E-state index in [0.717, 1.165) is 49.5 Å². The van der Waals surface area contributed by atoms with Crippen LogP contribution in [0.3, 0.4) is 0 Å². The van der Waals surface area contributed by atoms with Gasteiger partial charge in [0.25, 0.3) is 0 Å². The van der Waals surface area contributed by atoms with Crippen LogP contribution in [-0.2, 0) is 0 Å². The van der Waals surface area contributed by atoms with Crippen LogP contribution in [0.4, 0.5) is 0 Å². The van der Waals surface area contributed by atoms with E-state index in [2.05, 4.69) is 12.6 Å². The number of rotatable bonds is 10. The highest BCUT2D eigenvalue weighted by Crippen LogP contribution is 2.17. The summed E-state index contributed by atoms with van der Waals surface area (Å²) in [6, 6.07) is 7.99. The number of hydrogen-bond donors (Lipinski definition) is 2. The summed E-state index contributed by atoms with van der Waals surface area (Å²) in [5.41, 5.74) is 5.80. The normalized spacial score (nSPS) is 12.2. The average molecular weight is 283 g/mol. The Morgan fingerprint density at radius 3 is 2.26 bits per heavy atom. The van der Waals surface area contributed by atoms with E-state index >= 15 is 0 Å². The van der Waals surface area contributed by atoms with Crippen molar-refractivity contribution in [1.29, 1.82) is 0 Å². The van der Waals surface area contributed by atoms with Crippen LogP contribution < -0.4 is 15.2 Å². The minimum atomic E-state index is 0.232. The smallest absolute Gasteiger partial charge is 0.119 e. The molecule has 0 saturated carbocycles. The number of benzene rings is 1. The van der Waals surface area contributed by atoms with E-state index < -0.39 is 0 Å². The SMILES string of the molecule is CCOc1ccc(OCCCCC[C@@H](N)CS)cc1. The average Bonchev–Trinajstić information content (AvgIpc) is 2.44. The molecule has 1 aromatic rings. The molecule has 0 aliphatic carbocycles. The van der Waals surface area contributed by atoms with E-state index in [9.17, 15) is 0 Å². The van der Waals surface area contributed by atoms with E-state index in [1.54, 1.807) is 0 Å². The van der Waals surface area contributed by atoms with Crippen LogP contribution in [0.1, 0.15) is 32.6 Å². The van der Waals surface area contributed by atoms with Crippen molar-refractivity contribution in [3.05, 3.63) is 24.3 Å². The number of nitrogens with two attached hydrogens (primary N) is 1. The first-order valence-electron chi connectivity index (χ1n) is 6.98. The van der Waals surface area contributed by atoms with Gasteiger partial charge in [0.15, 0.2) is 0 Å². The van der Waals surface area contributed by atoms with Crippen molar-refractivity contribution >= 4 is 12.6 Å². The van der Waals surface area contributed by atoms with Crippen molar-refractivity contribution in [2.24, 2.45) is 5.73 Å². The standard InChI is InChI=1S/C15H25NO2S/c1-2-17-14-7-9-15(10-8-14)18-11-5-3-4-6-13(16)12-19/h7-10,13,19H,2-6,11-12,16H2,1H3/t13-/m1/s1. The van der Waals surface area contributed by atoms with Gasteiger partial charge in [-0.25, -0.2) is 0 Å². The predicted molar refractivity (Wildman–Crippen MR) is 83.4 cm³/mol. The molecule has 2 N–H and O–H groups in total. The van der Waals surface area contributed by atoms with Crippen LogP contribution in [-0.4, -0.2) is 25.0 Å². The molecule has 0 unspecified atom stereocenters. The molecule has 3 nitrogen and oxygen atoms in total. The van der Waals surface area contributed by atoms with Crippen molar-refractivity contribution in [1.82, 2.24) is 0 Å². The van der Waals surface area contributed by atoms with Gasteiger partial charge in [0.05, 0.1) is 13.2 Å². The lowest BCUT2D eigenvalue weighted by Gasteiger charge is -2.09. The first-order valence-corrected chi connectivity index (χ1v) is 7.61. The maximum absolute atomic E-state index is 5.80. The summed E-state index contributed by atoms with van der Waals surface area (Å²) in [5, 5.41) is 0. The Bertz CT molecular complexity index is 329. The van der Waals surface area contributed by atoms with Crippen molar-refractivity contribution < 1.29 is 9.47 Å². The highest BCUT2D eigenvalue weighted by atomic mass is 32.1. The quantitative estimate of drug-likeness (QED) is 0.511. The largest absolute Gasteiger partial charge is 0.494 e. The molecule has 4 heteroatoms. The summed E-state index contributed by atoms with van der Waals surface area (Å²) in [6.07, 6.45) is 4.41. The Balaban J connectivity index is 2.09. The van der Waals surface area contributed by atoms with Gasteiger partial charge in [-0.3, -0.25) is 0 Å². The summed E-state index contributed by atoms with van der Waals surface area (Å²) in [7, 11) is 0. The molecule has 19 heavy (non-hydrogen) atoms. The summed E-state index contributed by atoms with van der Waals surface area (Å²) in [5.74, 6) is 2.55. The Morgan fingerprint density at radius 1 is 1.05 bits per heavy atom. The molecule has 108 valence electrons. The van der Waals surface area contributed by atoms with Gasteiger partial charge in [0.2, 0.25) is 0 Å². The monoisotopic (exact) mass is 283 g/mol. The topological polar surface area (TPSA) is 44.5 Å². The Labute approximate surface area is 121 Å². The van der Waals surface area contributed by atoms with Gasteiger partial charge in [-0.05, 0) is 44.0 Å². The van der Waals surface area contributed by atoms with Crippen molar-refractivity contribution in [2.45, 2.75) is 38.6 Å². The summed E-state index contributed by atoms with van der Waals surface area (Å²) in [4.78, 5) is 0. The molecule has 1 atom stereocenters. The van der Waals surface area contributed by atoms with Crippen LogP contribution in [0.15, 0.2) is 24.3 Å². The number of hydrogen-bond acceptors (Lipinski definition) is 4. The van der Waals surface area contributed by atoms with Crippen molar-refractivity contribution in [3.63, 3.8) is 0 Å². The first-order chi connectivity index (χ1) is 9.26. The second-order valence-corrected chi connectivity index (χ2v) is 4.91. The number of thiol groups is 1. The van der Waals surface area contributed by atoms with Gasteiger partial charge in [-0.1, -0.05) is 12.8 Å². The van der Waals surface area contributed by atoms with Crippen molar-refractivity contribution in [2.75, 3.05) is 19.0 Å². The Morgan fingerprint density at radius 2 is 1.68 bits per heavy atom. The fraction of sp³-hybridized carbons (Fsp3) is 0.600. The zero-order valence-electron chi connectivity index (χ0n) is 11.7.